The van der Waals surface area contributed by atoms with E-state index >= 15 is 0 Å². The van der Waals surface area contributed by atoms with Gasteiger partial charge in [-0.25, -0.2) is 4.98 Å². The summed E-state index contributed by atoms with van der Waals surface area (Å²) in [6, 6.07) is 5.44. The van der Waals surface area contributed by atoms with Crippen molar-refractivity contribution in [3.63, 3.8) is 0 Å². The maximum atomic E-state index is 11.7. The summed E-state index contributed by atoms with van der Waals surface area (Å²) in [6.07, 6.45) is 3.68. The lowest BCUT2D eigenvalue weighted by Gasteiger charge is -2.15. The number of nitriles is 1. The molecule has 2 rings (SSSR count). The number of nitrogens with zero attached hydrogens (tertiary/aromatic N) is 2. The Balaban J connectivity index is 1.99. The summed E-state index contributed by atoms with van der Waals surface area (Å²) in [5.41, 5.74) is 0.895. The highest BCUT2D eigenvalue weighted by molar-refractivity contribution is 5.85. The Morgan fingerprint density at radius 2 is 2.41 bits per heavy atom. The standard InChI is InChI=1S/C12H14N4O/c1-8(12(17)16-9-4-5-9)15-10-3-2-6-14-11(10)7-13/h2-3,6,8-9,15H,4-5H2,1H3,(H,16,17). The van der Waals surface area contributed by atoms with Gasteiger partial charge in [-0.15, -0.1) is 0 Å². The van der Waals surface area contributed by atoms with Gasteiger partial charge in [-0.3, -0.25) is 4.79 Å². The number of carbonyl (C=O) groups excluding carboxylic acids is 1. The molecule has 1 fully saturated rings. The molecule has 0 aromatic carbocycles. The third-order valence-corrected chi connectivity index (χ3v) is 2.60. The van der Waals surface area contributed by atoms with E-state index in [-0.39, 0.29) is 11.9 Å². The molecule has 0 aliphatic heterocycles. The number of carbonyl (C=O) groups is 1. The second-order valence-corrected chi connectivity index (χ2v) is 4.16. The monoisotopic (exact) mass is 230 g/mol. The summed E-state index contributed by atoms with van der Waals surface area (Å²) in [7, 11) is 0. The molecule has 1 aliphatic rings. The predicted molar refractivity (Wildman–Crippen MR) is 63.2 cm³/mol. The van der Waals surface area contributed by atoms with Crippen molar-refractivity contribution in [3.05, 3.63) is 24.0 Å². The molecule has 5 heteroatoms. The van der Waals surface area contributed by atoms with E-state index in [1.807, 2.05) is 6.07 Å². The van der Waals surface area contributed by atoms with Crippen molar-refractivity contribution in [1.29, 1.82) is 5.26 Å². The topological polar surface area (TPSA) is 77.8 Å². The smallest absolute Gasteiger partial charge is 0.242 e. The minimum atomic E-state index is -0.369. The zero-order valence-corrected chi connectivity index (χ0v) is 9.60. The summed E-state index contributed by atoms with van der Waals surface area (Å²) in [6.45, 7) is 1.77. The van der Waals surface area contributed by atoms with Crippen molar-refractivity contribution >= 4 is 11.6 Å². The fourth-order valence-corrected chi connectivity index (χ4v) is 1.46. The van der Waals surface area contributed by atoms with Gasteiger partial charge in [0.2, 0.25) is 5.91 Å². The van der Waals surface area contributed by atoms with Gasteiger partial charge in [0, 0.05) is 12.2 Å². The molecule has 1 saturated carbocycles. The average molecular weight is 230 g/mol. The molecule has 1 amide bonds. The van der Waals surface area contributed by atoms with Crippen LogP contribution in [0.5, 0.6) is 0 Å². The number of nitrogens with one attached hydrogen (secondary N) is 2. The lowest BCUT2D eigenvalue weighted by molar-refractivity contribution is -0.121. The first kappa shape index (κ1) is 11.4. The number of pyridine rings is 1. The minimum absolute atomic E-state index is 0.0414. The Kier molecular flexibility index (Phi) is 3.24. The SMILES string of the molecule is CC(Nc1cccnc1C#N)C(=O)NC1CC1. The maximum absolute atomic E-state index is 11.7. The van der Waals surface area contributed by atoms with E-state index in [9.17, 15) is 4.79 Å². The van der Waals surface area contributed by atoms with Crippen LogP contribution in [0.4, 0.5) is 5.69 Å². The van der Waals surface area contributed by atoms with Crippen molar-refractivity contribution in [1.82, 2.24) is 10.3 Å². The molecule has 2 N–H and O–H groups in total. The van der Waals surface area contributed by atoms with Crippen molar-refractivity contribution in [2.75, 3.05) is 5.32 Å². The molecule has 5 nitrogen and oxygen atoms in total. The molecule has 1 aromatic rings. The molecule has 17 heavy (non-hydrogen) atoms. The van der Waals surface area contributed by atoms with E-state index in [1.165, 1.54) is 0 Å². The van der Waals surface area contributed by atoms with E-state index in [0.29, 0.717) is 17.4 Å². The molecular weight excluding hydrogens is 216 g/mol. The van der Waals surface area contributed by atoms with Crippen molar-refractivity contribution in [2.45, 2.75) is 31.8 Å². The molecule has 1 heterocycles. The first-order chi connectivity index (χ1) is 8.20. The van der Waals surface area contributed by atoms with Gasteiger partial charge in [0.15, 0.2) is 5.69 Å². The van der Waals surface area contributed by atoms with Crippen LogP contribution >= 0.6 is 0 Å². The Morgan fingerprint density at radius 1 is 1.65 bits per heavy atom. The van der Waals surface area contributed by atoms with Gasteiger partial charge in [-0.05, 0) is 31.9 Å². The number of rotatable bonds is 4. The van der Waals surface area contributed by atoms with E-state index < -0.39 is 0 Å². The van der Waals surface area contributed by atoms with Crippen molar-refractivity contribution in [2.24, 2.45) is 0 Å². The summed E-state index contributed by atoms with van der Waals surface area (Å²) in [5.74, 6) is -0.0414. The first-order valence-corrected chi connectivity index (χ1v) is 5.62. The van der Waals surface area contributed by atoms with Gasteiger partial charge in [-0.2, -0.15) is 5.26 Å². The van der Waals surface area contributed by atoms with Crippen LogP contribution in [0.15, 0.2) is 18.3 Å². The number of hydrogen-bond acceptors (Lipinski definition) is 4. The van der Waals surface area contributed by atoms with Gasteiger partial charge < -0.3 is 10.6 Å². The van der Waals surface area contributed by atoms with Crippen LogP contribution in [0, 0.1) is 11.3 Å². The lowest BCUT2D eigenvalue weighted by Crippen LogP contribution is -2.38. The summed E-state index contributed by atoms with van der Waals surface area (Å²) < 4.78 is 0. The summed E-state index contributed by atoms with van der Waals surface area (Å²) in [4.78, 5) is 15.6. The molecule has 1 aliphatic carbocycles. The van der Waals surface area contributed by atoms with E-state index in [0.717, 1.165) is 12.8 Å². The van der Waals surface area contributed by atoms with Gasteiger partial charge in [0.25, 0.3) is 0 Å². The van der Waals surface area contributed by atoms with Crippen LogP contribution in [0.25, 0.3) is 0 Å². The Morgan fingerprint density at radius 3 is 3.06 bits per heavy atom. The molecule has 0 saturated heterocycles. The quantitative estimate of drug-likeness (QED) is 0.810. The molecule has 88 valence electrons. The van der Waals surface area contributed by atoms with Crippen LogP contribution in [-0.2, 0) is 4.79 Å². The number of hydrogen-bond donors (Lipinski definition) is 2. The van der Waals surface area contributed by atoms with E-state index in [2.05, 4.69) is 15.6 Å². The maximum Gasteiger partial charge on any atom is 0.242 e. The zero-order chi connectivity index (χ0) is 12.3. The summed E-state index contributed by atoms with van der Waals surface area (Å²) >= 11 is 0. The van der Waals surface area contributed by atoms with Gasteiger partial charge >= 0.3 is 0 Å². The Labute approximate surface area is 99.9 Å². The van der Waals surface area contributed by atoms with Crippen molar-refractivity contribution in [3.8, 4) is 6.07 Å². The third kappa shape index (κ3) is 2.94. The second-order valence-electron chi connectivity index (χ2n) is 4.16. The molecule has 1 aromatic heterocycles. The Bertz CT molecular complexity index is 462. The molecule has 0 bridgehead atoms. The predicted octanol–water partition coefficient (Wildman–Crippen LogP) is 1.03. The lowest BCUT2D eigenvalue weighted by atomic mass is 10.2. The van der Waals surface area contributed by atoms with Crippen LogP contribution in [0.2, 0.25) is 0 Å². The highest BCUT2D eigenvalue weighted by Gasteiger charge is 2.25. The molecule has 1 unspecified atom stereocenters. The third-order valence-electron chi connectivity index (χ3n) is 2.60. The minimum Gasteiger partial charge on any atom is -0.372 e. The highest BCUT2D eigenvalue weighted by Crippen LogP contribution is 2.19. The number of amides is 1. The normalized spacial score (nSPS) is 15.8. The fraction of sp³-hybridized carbons (Fsp3) is 0.417. The molecule has 1 atom stereocenters. The Hall–Kier alpha value is -2.09. The fourth-order valence-electron chi connectivity index (χ4n) is 1.46. The van der Waals surface area contributed by atoms with Crippen LogP contribution in [0.3, 0.4) is 0 Å². The second kappa shape index (κ2) is 4.83. The van der Waals surface area contributed by atoms with E-state index in [1.54, 1.807) is 25.3 Å². The highest BCUT2D eigenvalue weighted by atomic mass is 16.2. The van der Waals surface area contributed by atoms with Crippen molar-refractivity contribution < 1.29 is 4.79 Å². The number of anilines is 1. The van der Waals surface area contributed by atoms with Gasteiger partial charge in [-0.1, -0.05) is 0 Å². The molecule has 0 spiro atoms. The van der Waals surface area contributed by atoms with Gasteiger partial charge in [0.05, 0.1) is 5.69 Å². The average Bonchev–Trinajstić information content (AvgIpc) is 3.13. The number of aromatic nitrogens is 1. The zero-order valence-electron chi connectivity index (χ0n) is 9.60. The van der Waals surface area contributed by atoms with Crippen LogP contribution in [0.1, 0.15) is 25.5 Å². The largest absolute Gasteiger partial charge is 0.372 e. The summed E-state index contributed by atoms with van der Waals surface area (Å²) in [5, 5.41) is 14.8. The first-order valence-electron chi connectivity index (χ1n) is 5.62. The van der Waals surface area contributed by atoms with Gasteiger partial charge in [0.1, 0.15) is 12.1 Å². The van der Waals surface area contributed by atoms with Crippen LogP contribution < -0.4 is 10.6 Å². The molecule has 0 radical (unpaired) electrons. The molecular formula is C12H14N4O. The van der Waals surface area contributed by atoms with Crippen LogP contribution in [-0.4, -0.2) is 23.0 Å². The van der Waals surface area contributed by atoms with E-state index in [4.69, 9.17) is 5.26 Å².